The molecule has 0 saturated heterocycles. The molecule has 2 rings (SSSR count). The monoisotopic (exact) mass is 334 g/mol. The number of furan rings is 1. The lowest BCUT2D eigenvalue weighted by atomic mass is 10.3. The molecule has 0 aliphatic carbocycles. The maximum atomic E-state index is 10.6. The molecule has 9 nitrogen and oxygen atoms in total. The van der Waals surface area contributed by atoms with E-state index in [0.717, 1.165) is 10.6 Å². The maximum absolute atomic E-state index is 10.6. The summed E-state index contributed by atoms with van der Waals surface area (Å²) >= 11 is 1.40. The van der Waals surface area contributed by atoms with Crippen molar-refractivity contribution in [3.63, 3.8) is 0 Å². The minimum atomic E-state index is -0.591. The smallest absolute Gasteiger partial charge is 0.401 e. The fourth-order valence-electron chi connectivity index (χ4n) is 1.69. The van der Waals surface area contributed by atoms with Gasteiger partial charge in [0.25, 0.3) is 0 Å². The Bertz CT molecular complexity index is 814. The maximum Gasteiger partial charge on any atom is 0.433 e. The molecule has 2 heterocycles. The Morgan fingerprint density at radius 2 is 2.13 bits per heavy atom. The van der Waals surface area contributed by atoms with Gasteiger partial charge in [-0.15, -0.1) is 16.4 Å². The van der Waals surface area contributed by atoms with Gasteiger partial charge >= 0.3 is 5.88 Å². The molecular weight excluding hydrogens is 320 g/mol. The topological polar surface area (TPSA) is 146 Å². The Labute approximate surface area is 135 Å². The molecule has 23 heavy (non-hydrogen) atoms. The molecule has 2 aromatic heterocycles. The van der Waals surface area contributed by atoms with Crippen LogP contribution in [0.5, 0.6) is 0 Å². The number of nitrogens with two attached hydrogens (primary N) is 2. The predicted octanol–water partition coefficient (Wildman–Crippen LogP) is 2.12. The first-order valence-electron chi connectivity index (χ1n) is 6.40. The molecule has 4 N–H and O–H groups in total. The number of aryl methyl sites for hydroxylation is 1. The van der Waals surface area contributed by atoms with Gasteiger partial charge in [-0.05, 0) is 32.1 Å². The Kier molecular flexibility index (Phi) is 4.86. The minimum absolute atomic E-state index is 0.119. The first-order valence-corrected chi connectivity index (χ1v) is 7.21. The summed E-state index contributed by atoms with van der Waals surface area (Å²) in [6.45, 7) is 3.62. The molecule has 2 aromatic rings. The van der Waals surface area contributed by atoms with Crippen molar-refractivity contribution in [3.8, 4) is 0 Å². The zero-order valence-electron chi connectivity index (χ0n) is 12.4. The normalized spacial score (nSPS) is 11.8. The van der Waals surface area contributed by atoms with Crippen LogP contribution >= 0.6 is 11.3 Å². The van der Waals surface area contributed by atoms with E-state index in [1.807, 2.05) is 6.92 Å². The number of rotatable bonds is 5. The van der Waals surface area contributed by atoms with E-state index in [2.05, 4.69) is 15.2 Å². The second-order valence-electron chi connectivity index (χ2n) is 4.44. The van der Waals surface area contributed by atoms with Gasteiger partial charge < -0.3 is 15.9 Å². The Morgan fingerprint density at radius 3 is 2.74 bits per heavy atom. The summed E-state index contributed by atoms with van der Waals surface area (Å²) in [5, 5.41) is 18.8. The number of guanidine groups is 1. The van der Waals surface area contributed by atoms with Crippen LogP contribution < -0.4 is 11.5 Å². The lowest BCUT2D eigenvalue weighted by Gasteiger charge is -1.93. The fourth-order valence-corrected chi connectivity index (χ4v) is 2.60. The summed E-state index contributed by atoms with van der Waals surface area (Å²) < 4.78 is 5.04. The zero-order chi connectivity index (χ0) is 17.0. The number of nitrogens with zero attached hydrogens (tertiary/aromatic N) is 4. The molecular formula is C13H14N6O3S. The molecule has 0 amide bonds. The van der Waals surface area contributed by atoms with Gasteiger partial charge in [-0.3, -0.25) is 10.1 Å². The van der Waals surface area contributed by atoms with E-state index in [-0.39, 0.29) is 11.8 Å². The molecule has 0 unspecified atom stereocenters. The van der Waals surface area contributed by atoms with Gasteiger partial charge in [0.15, 0.2) is 0 Å². The lowest BCUT2D eigenvalue weighted by Crippen LogP contribution is -2.22. The number of nitro groups is 1. The SMILES string of the molecule is C/C(=N\N=C(N)N)c1sc(/C=C/c2ccc([N+](=O)[O-])o2)nc1C. The molecule has 0 bridgehead atoms. The zero-order valence-corrected chi connectivity index (χ0v) is 13.2. The van der Waals surface area contributed by atoms with Crippen molar-refractivity contribution in [1.82, 2.24) is 4.98 Å². The molecule has 0 fully saturated rings. The Morgan fingerprint density at radius 1 is 1.39 bits per heavy atom. The van der Waals surface area contributed by atoms with Crippen molar-refractivity contribution in [3.05, 3.63) is 43.6 Å². The van der Waals surface area contributed by atoms with E-state index in [1.165, 1.54) is 23.5 Å². The van der Waals surface area contributed by atoms with Crippen LogP contribution in [0.25, 0.3) is 12.2 Å². The summed E-state index contributed by atoms with van der Waals surface area (Å²) in [4.78, 5) is 15.2. The summed E-state index contributed by atoms with van der Waals surface area (Å²) in [6.07, 6.45) is 3.31. The van der Waals surface area contributed by atoms with Gasteiger partial charge in [0, 0.05) is 0 Å². The highest BCUT2D eigenvalue weighted by molar-refractivity contribution is 7.14. The van der Waals surface area contributed by atoms with Gasteiger partial charge in [0.1, 0.15) is 15.7 Å². The predicted molar refractivity (Wildman–Crippen MR) is 89.2 cm³/mol. The number of hydrogen-bond donors (Lipinski definition) is 2. The third-order valence-electron chi connectivity index (χ3n) is 2.64. The largest absolute Gasteiger partial charge is 0.433 e. The first-order chi connectivity index (χ1) is 10.9. The van der Waals surface area contributed by atoms with E-state index in [0.29, 0.717) is 16.5 Å². The first kappa shape index (κ1) is 16.4. The Hall–Kier alpha value is -3.01. The molecule has 0 aromatic carbocycles. The third kappa shape index (κ3) is 4.23. The van der Waals surface area contributed by atoms with Crippen LogP contribution in [0.1, 0.15) is 28.3 Å². The molecule has 10 heteroatoms. The van der Waals surface area contributed by atoms with E-state index < -0.39 is 4.92 Å². The highest BCUT2D eigenvalue weighted by Gasteiger charge is 2.11. The minimum Gasteiger partial charge on any atom is -0.401 e. The van der Waals surface area contributed by atoms with Crippen molar-refractivity contribution in [2.45, 2.75) is 13.8 Å². The van der Waals surface area contributed by atoms with Crippen LogP contribution in [0.4, 0.5) is 5.88 Å². The molecule has 0 spiro atoms. The average molecular weight is 334 g/mol. The quantitative estimate of drug-likeness (QED) is 0.370. The second kappa shape index (κ2) is 6.83. The number of hydrogen-bond acceptors (Lipinski definition) is 7. The lowest BCUT2D eigenvalue weighted by molar-refractivity contribution is -0.402. The van der Waals surface area contributed by atoms with Crippen LogP contribution in [-0.2, 0) is 0 Å². The van der Waals surface area contributed by atoms with Crippen molar-refractivity contribution < 1.29 is 9.34 Å². The molecule has 0 atom stereocenters. The van der Waals surface area contributed by atoms with E-state index >= 15 is 0 Å². The number of thiazole rings is 1. The van der Waals surface area contributed by atoms with Crippen molar-refractivity contribution in [1.29, 1.82) is 0 Å². The molecule has 0 radical (unpaired) electrons. The van der Waals surface area contributed by atoms with Gasteiger partial charge in [-0.25, -0.2) is 4.98 Å². The van der Waals surface area contributed by atoms with Crippen LogP contribution in [0.3, 0.4) is 0 Å². The summed E-state index contributed by atoms with van der Waals surface area (Å²) in [6, 6.07) is 2.81. The van der Waals surface area contributed by atoms with Gasteiger partial charge in [0.05, 0.1) is 22.3 Å². The summed E-state index contributed by atoms with van der Waals surface area (Å²) in [7, 11) is 0. The van der Waals surface area contributed by atoms with Gasteiger partial charge in [-0.1, -0.05) is 0 Å². The Balaban J connectivity index is 2.20. The van der Waals surface area contributed by atoms with Crippen LogP contribution in [0, 0.1) is 17.0 Å². The molecule has 120 valence electrons. The van der Waals surface area contributed by atoms with Gasteiger partial charge in [0.2, 0.25) is 5.96 Å². The van der Waals surface area contributed by atoms with Crippen LogP contribution in [-0.4, -0.2) is 21.6 Å². The molecule has 0 saturated carbocycles. The molecule has 0 aliphatic heterocycles. The number of aromatic nitrogens is 1. The average Bonchev–Trinajstić information content (AvgIpc) is 3.09. The van der Waals surface area contributed by atoms with E-state index in [1.54, 1.807) is 19.1 Å². The summed E-state index contributed by atoms with van der Waals surface area (Å²) in [5.41, 5.74) is 11.9. The molecule has 0 aliphatic rings. The second-order valence-corrected chi connectivity index (χ2v) is 5.47. The van der Waals surface area contributed by atoms with Crippen molar-refractivity contribution >= 4 is 41.0 Å². The van der Waals surface area contributed by atoms with E-state index in [4.69, 9.17) is 15.9 Å². The van der Waals surface area contributed by atoms with Crippen LogP contribution in [0.2, 0.25) is 0 Å². The van der Waals surface area contributed by atoms with Crippen LogP contribution in [0.15, 0.2) is 26.8 Å². The standard InChI is InChI=1S/C13H14N6O3S/c1-7-12(8(2)17-18-13(14)15)23-10(16-7)5-3-9-4-6-11(22-9)19(20)21/h3-6H,1-2H3,(H4,14,15,18)/b5-3+,17-8+. The van der Waals surface area contributed by atoms with Crippen molar-refractivity contribution in [2.24, 2.45) is 21.7 Å². The fraction of sp³-hybridized carbons (Fsp3) is 0.154. The van der Waals surface area contributed by atoms with Crippen molar-refractivity contribution in [2.75, 3.05) is 0 Å². The van der Waals surface area contributed by atoms with Gasteiger partial charge in [-0.2, -0.15) is 5.10 Å². The van der Waals surface area contributed by atoms with E-state index in [9.17, 15) is 10.1 Å². The summed E-state index contributed by atoms with van der Waals surface area (Å²) in [5.74, 6) is -0.0519. The third-order valence-corrected chi connectivity index (χ3v) is 3.87. The highest BCUT2D eigenvalue weighted by Crippen LogP contribution is 2.22. The highest BCUT2D eigenvalue weighted by atomic mass is 32.1.